The number of amides is 1. The van der Waals surface area contributed by atoms with Gasteiger partial charge in [-0.25, -0.2) is 10.2 Å². The van der Waals surface area contributed by atoms with Gasteiger partial charge in [0.1, 0.15) is 23.2 Å². The van der Waals surface area contributed by atoms with Gasteiger partial charge in [0.25, 0.3) is 0 Å². The molecular weight excluding hydrogens is 296 g/mol. The SMILES string of the molecule is CCOc1cc2c(cc1/C=N\NC(=O)OC(C)(C)C)O[C@@H](C)C2. The van der Waals surface area contributed by atoms with E-state index in [0.717, 1.165) is 29.0 Å². The standard InChI is InChI=1S/C17H24N2O4/c1-6-21-14-8-12-7-11(2)22-15(12)9-13(14)10-18-19-16(20)23-17(3,4)5/h8-11H,6-7H2,1-5H3,(H,19,20)/b18-10-/t11-/m0/s1. The number of fused-ring (bicyclic) bond motifs is 1. The molecule has 0 saturated carbocycles. The van der Waals surface area contributed by atoms with Gasteiger partial charge in [0, 0.05) is 17.5 Å². The fourth-order valence-corrected chi connectivity index (χ4v) is 2.29. The highest BCUT2D eigenvalue weighted by molar-refractivity contribution is 5.85. The summed E-state index contributed by atoms with van der Waals surface area (Å²) < 4.78 is 16.5. The topological polar surface area (TPSA) is 69.2 Å². The maximum Gasteiger partial charge on any atom is 0.428 e. The van der Waals surface area contributed by atoms with Crippen molar-refractivity contribution in [3.8, 4) is 11.5 Å². The minimum absolute atomic E-state index is 0.159. The van der Waals surface area contributed by atoms with Gasteiger partial charge in [-0.15, -0.1) is 0 Å². The van der Waals surface area contributed by atoms with Crippen LogP contribution in [-0.2, 0) is 11.2 Å². The molecule has 2 rings (SSSR count). The molecule has 1 aromatic rings. The number of hydrogen-bond donors (Lipinski definition) is 1. The lowest BCUT2D eigenvalue weighted by molar-refractivity contribution is 0.0529. The van der Waals surface area contributed by atoms with Crippen LogP contribution in [0.3, 0.4) is 0 Å². The van der Waals surface area contributed by atoms with Crippen LogP contribution in [-0.4, -0.2) is 30.6 Å². The summed E-state index contributed by atoms with van der Waals surface area (Å²) in [4.78, 5) is 11.6. The van der Waals surface area contributed by atoms with E-state index < -0.39 is 11.7 Å². The predicted octanol–water partition coefficient (Wildman–Crippen LogP) is 3.27. The first kappa shape index (κ1) is 17.1. The van der Waals surface area contributed by atoms with Crippen LogP contribution in [0.1, 0.15) is 45.7 Å². The molecule has 1 N–H and O–H groups in total. The van der Waals surface area contributed by atoms with Gasteiger partial charge in [-0.3, -0.25) is 0 Å². The molecule has 1 aliphatic rings. The summed E-state index contributed by atoms with van der Waals surface area (Å²) in [6, 6.07) is 3.85. The Morgan fingerprint density at radius 2 is 2.22 bits per heavy atom. The zero-order valence-corrected chi connectivity index (χ0v) is 14.3. The Balaban J connectivity index is 2.11. The Morgan fingerprint density at radius 3 is 2.87 bits per heavy atom. The fourth-order valence-electron chi connectivity index (χ4n) is 2.29. The number of rotatable bonds is 4. The van der Waals surface area contributed by atoms with Crippen LogP contribution in [0, 0.1) is 0 Å². The third-order valence-electron chi connectivity index (χ3n) is 3.09. The van der Waals surface area contributed by atoms with E-state index in [1.807, 2.05) is 26.0 Å². The summed E-state index contributed by atoms with van der Waals surface area (Å²) in [6.07, 6.45) is 1.95. The van der Waals surface area contributed by atoms with Crippen LogP contribution in [0.4, 0.5) is 4.79 Å². The molecule has 6 heteroatoms. The number of hydrazone groups is 1. The molecule has 0 unspecified atom stereocenters. The maximum atomic E-state index is 11.6. The van der Waals surface area contributed by atoms with Gasteiger partial charge < -0.3 is 14.2 Å². The van der Waals surface area contributed by atoms with E-state index in [-0.39, 0.29) is 6.10 Å². The molecule has 1 amide bonds. The molecule has 0 saturated heterocycles. The Hall–Kier alpha value is -2.24. The molecular formula is C17H24N2O4. The van der Waals surface area contributed by atoms with E-state index in [1.54, 1.807) is 20.8 Å². The number of nitrogens with zero attached hydrogens (tertiary/aromatic N) is 1. The minimum atomic E-state index is -0.599. The van der Waals surface area contributed by atoms with Crippen LogP contribution in [0.2, 0.25) is 0 Å². The second kappa shape index (κ2) is 6.89. The van der Waals surface area contributed by atoms with Crippen molar-refractivity contribution in [2.75, 3.05) is 6.61 Å². The van der Waals surface area contributed by atoms with Crippen LogP contribution in [0.25, 0.3) is 0 Å². The lowest BCUT2D eigenvalue weighted by atomic mass is 10.1. The summed E-state index contributed by atoms with van der Waals surface area (Å²) in [6.45, 7) is 9.88. The summed E-state index contributed by atoms with van der Waals surface area (Å²) in [5, 5.41) is 3.93. The zero-order valence-electron chi connectivity index (χ0n) is 14.3. The molecule has 23 heavy (non-hydrogen) atoms. The van der Waals surface area contributed by atoms with E-state index in [4.69, 9.17) is 14.2 Å². The number of benzene rings is 1. The van der Waals surface area contributed by atoms with Crippen molar-refractivity contribution in [3.05, 3.63) is 23.3 Å². The van der Waals surface area contributed by atoms with E-state index in [0.29, 0.717) is 6.61 Å². The van der Waals surface area contributed by atoms with E-state index >= 15 is 0 Å². The molecule has 0 spiro atoms. The molecule has 1 atom stereocenters. The van der Waals surface area contributed by atoms with Gasteiger partial charge in [0.15, 0.2) is 0 Å². The first-order valence-corrected chi connectivity index (χ1v) is 7.77. The smallest absolute Gasteiger partial charge is 0.428 e. The van der Waals surface area contributed by atoms with Crippen LogP contribution in [0.5, 0.6) is 11.5 Å². The average molecular weight is 320 g/mol. The van der Waals surface area contributed by atoms with Crippen molar-refractivity contribution in [2.45, 2.75) is 52.7 Å². The van der Waals surface area contributed by atoms with Crippen molar-refractivity contribution < 1.29 is 19.0 Å². The molecule has 126 valence electrons. The van der Waals surface area contributed by atoms with Crippen molar-refractivity contribution in [1.82, 2.24) is 5.43 Å². The Kier molecular flexibility index (Phi) is 5.13. The summed E-state index contributed by atoms with van der Waals surface area (Å²) in [5.41, 5.74) is 3.65. The lowest BCUT2D eigenvalue weighted by Crippen LogP contribution is -2.29. The Morgan fingerprint density at radius 1 is 1.48 bits per heavy atom. The molecule has 0 aromatic heterocycles. The Bertz CT molecular complexity index is 605. The molecule has 6 nitrogen and oxygen atoms in total. The number of ether oxygens (including phenoxy) is 3. The van der Waals surface area contributed by atoms with Gasteiger partial charge in [-0.05, 0) is 46.8 Å². The summed E-state index contributed by atoms with van der Waals surface area (Å²) in [5.74, 6) is 1.55. The van der Waals surface area contributed by atoms with Crippen LogP contribution >= 0.6 is 0 Å². The molecule has 1 heterocycles. The average Bonchev–Trinajstić information content (AvgIpc) is 2.76. The quantitative estimate of drug-likeness (QED) is 0.683. The first-order valence-electron chi connectivity index (χ1n) is 7.77. The van der Waals surface area contributed by atoms with Gasteiger partial charge >= 0.3 is 6.09 Å². The number of hydrogen-bond acceptors (Lipinski definition) is 5. The van der Waals surface area contributed by atoms with Gasteiger partial charge in [0.2, 0.25) is 0 Å². The maximum absolute atomic E-state index is 11.6. The second-order valence-corrected chi connectivity index (χ2v) is 6.44. The highest BCUT2D eigenvalue weighted by Crippen LogP contribution is 2.34. The number of nitrogens with one attached hydrogen (secondary N) is 1. The van der Waals surface area contributed by atoms with Gasteiger partial charge in [-0.2, -0.15) is 5.10 Å². The number of carbonyl (C=O) groups is 1. The largest absolute Gasteiger partial charge is 0.493 e. The second-order valence-electron chi connectivity index (χ2n) is 6.44. The first-order chi connectivity index (χ1) is 10.8. The van der Waals surface area contributed by atoms with E-state index in [9.17, 15) is 4.79 Å². The highest BCUT2D eigenvalue weighted by atomic mass is 16.6. The lowest BCUT2D eigenvalue weighted by Gasteiger charge is -2.18. The van der Waals surface area contributed by atoms with Crippen molar-refractivity contribution in [2.24, 2.45) is 5.10 Å². The van der Waals surface area contributed by atoms with Crippen LogP contribution < -0.4 is 14.9 Å². The Labute approximate surface area is 136 Å². The van der Waals surface area contributed by atoms with E-state index in [2.05, 4.69) is 10.5 Å². The monoisotopic (exact) mass is 320 g/mol. The van der Waals surface area contributed by atoms with Crippen molar-refractivity contribution in [1.29, 1.82) is 0 Å². The summed E-state index contributed by atoms with van der Waals surface area (Å²) in [7, 11) is 0. The molecule has 0 aliphatic carbocycles. The van der Waals surface area contributed by atoms with Crippen LogP contribution in [0.15, 0.2) is 17.2 Å². The summed E-state index contributed by atoms with van der Waals surface area (Å²) >= 11 is 0. The van der Waals surface area contributed by atoms with Crippen molar-refractivity contribution >= 4 is 12.3 Å². The third kappa shape index (κ3) is 4.87. The third-order valence-corrected chi connectivity index (χ3v) is 3.09. The van der Waals surface area contributed by atoms with E-state index in [1.165, 1.54) is 6.21 Å². The zero-order chi connectivity index (χ0) is 17.0. The van der Waals surface area contributed by atoms with Crippen molar-refractivity contribution in [3.63, 3.8) is 0 Å². The van der Waals surface area contributed by atoms with Gasteiger partial charge in [-0.1, -0.05) is 0 Å². The fraction of sp³-hybridized carbons (Fsp3) is 0.529. The molecule has 0 fully saturated rings. The molecule has 0 radical (unpaired) electrons. The van der Waals surface area contributed by atoms with Gasteiger partial charge in [0.05, 0.1) is 12.8 Å². The highest BCUT2D eigenvalue weighted by Gasteiger charge is 2.21. The predicted molar refractivity (Wildman–Crippen MR) is 88.4 cm³/mol. The molecule has 1 aromatic carbocycles. The molecule has 0 bridgehead atoms. The minimum Gasteiger partial charge on any atom is -0.493 e. The number of carbonyl (C=O) groups excluding carboxylic acids is 1. The molecule has 1 aliphatic heterocycles. The normalized spacial score (nSPS) is 16.8.